The van der Waals surface area contributed by atoms with Gasteiger partial charge in [-0.15, -0.1) is 0 Å². The molecule has 0 aromatic heterocycles. The van der Waals surface area contributed by atoms with Gasteiger partial charge in [0.1, 0.15) is 0 Å². The molecule has 0 bridgehead atoms. The summed E-state index contributed by atoms with van der Waals surface area (Å²) in [5, 5.41) is 0. The molecule has 1 atom stereocenters. The summed E-state index contributed by atoms with van der Waals surface area (Å²) in [5.41, 5.74) is 4.33. The monoisotopic (exact) mass is 372 g/mol. The predicted octanol–water partition coefficient (Wildman–Crippen LogP) is 3.56. The van der Waals surface area contributed by atoms with E-state index in [1.165, 1.54) is 24.0 Å². The lowest BCUT2D eigenvalue weighted by Crippen LogP contribution is -2.37. The molecule has 1 fully saturated rings. The number of hydrogen-bond donors (Lipinski definition) is 1. The Balaban J connectivity index is 1.73. The second-order valence-electron chi connectivity index (χ2n) is 7.21. The van der Waals surface area contributed by atoms with Gasteiger partial charge >= 0.3 is 0 Å². The van der Waals surface area contributed by atoms with Crippen molar-refractivity contribution in [1.29, 1.82) is 0 Å². The molecule has 1 aliphatic heterocycles. The van der Waals surface area contributed by atoms with Gasteiger partial charge < -0.3 is 0 Å². The quantitative estimate of drug-likeness (QED) is 0.808. The summed E-state index contributed by atoms with van der Waals surface area (Å²) in [5.74, 6) is 0.0230. The molecular formula is C21H28N2O2S. The van der Waals surface area contributed by atoms with Crippen molar-refractivity contribution >= 4 is 10.0 Å². The standard InChI is InChI=1S/C21H28N2O2S/c1-17-8-7-10-19(14-17)16-26(24,25)22-15-21(23-12-5-6-13-23)20-11-4-3-9-18(20)2/h3-4,7-11,14,21-22H,5-6,12-13,15-16H2,1-2H3. The summed E-state index contributed by atoms with van der Waals surface area (Å²) in [6.45, 7) is 6.54. The predicted molar refractivity (Wildman–Crippen MR) is 107 cm³/mol. The van der Waals surface area contributed by atoms with Crippen molar-refractivity contribution in [2.75, 3.05) is 19.6 Å². The SMILES string of the molecule is Cc1cccc(CS(=O)(=O)NCC(c2ccccc2C)N2CCCC2)c1. The molecule has 2 aromatic carbocycles. The smallest absolute Gasteiger partial charge is 0.215 e. The molecule has 4 nitrogen and oxygen atoms in total. The van der Waals surface area contributed by atoms with Crippen LogP contribution in [0.1, 0.15) is 41.1 Å². The van der Waals surface area contributed by atoms with Crippen molar-refractivity contribution in [3.63, 3.8) is 0 Å². The van der Waals surface area contributed by atoms with Crippen molar-refractivity contribution in [1.82, 2.24) is 9.62 Å². The zero-order valence-electron chi connectivity index (χ0n) is 15.6. The largest absolute Gasteiger partial charge is 0.295 e. The van der Waals surface area contributed by atoms with E-state index in [-0.39, 0.29) is 11.8 Å². The maximum atomic E-state index is 12.6. The molecule has 3 rings (SSSR count). The van der Waals surface area contributed by atoms with E-state index >= 15 is 0 Å². The molecule has 0 aliphatic carbocycles. The zero-order valence-corrected chi connectivity index (χ0v) is 16.4. The van der Waals surface area contributed by atoms with E-state index in [1.807, 2.05) is 43.3 Å². The fraction of sp³-hybridized carbons (Fsp3) is 0.429. The Morgan fingerprint density at radius 2 is 1.77 bits per heavy atom. The fourth-order valence-corrected chi connectivity index (χ4v) is 4.86. The highest BCUT2D eigenvalue weighted by atomic mass is 32.2. The third-order valence-electron chi connectivity index (χ3n) is 5.06. The van der Waals surface area contributed by atoms with Gasteiger partial charge in [-0.2, -0.15) is 0 Å². The average Bonchev–Trinajstić information content (AvgIpc) is 3.10. The summed E-state index contributed by atoms with van der Waals surface area (Å²) >= 11 is 0. The van der Waals surface area contributed by atoms with Gasteiger partial charge in [-0.3, -0.25) is 4.90 Å². The number of nitrogens with zero attached hydrogens (tertiary/aromatic N) is 1. The second kappa shape index (κ2) is 8.33. The molecule has 0 amide bonds. The van der Waals surface area contributed by atoms with Crippen molar-refractivity contribution in [2.24, 2.45) is 0 Å². The van der Waals surface area contributed by atoms with Crippen LogP contribution in [0.15, 0.2) is 48.5 Å². The van der Waals surface area contributed by atoms with E-state index in [0.29, 0.717) is 6.54 Å². The lowest BCUT2D eigenvalue weighted by molar-refractivity contribution is 0.246. The fourth-order valence-electron chi connectivity index (χ4n) is 3.73. The molecule has 140 valence electrons. The Morgan fingerprint density at radius 3 is 2.46 bits per heavy atom. The maximum Gasteiger partial charge on any atom is 0.215 e. The first-order valence-electron chi connectivity index (χ1n) is 9.27. The molecule has 0 saturated carbocycles. The van der Waals surface area contributed by atoms with Gasteiger partial charge in [-0.1, -0.05) is 54.1 Å². The van der Waals surface area contributed by atoms with Gasteiger partial charge in [0, 0.05) is 12.6 Å². The number of nitrogens with one attached hydrogen (secondary N) is 1. The first-order chi connectivity index (χ1) is 12.4. The number of sulfonamides is 1. The lowest BCUT2D eigenvalue weighted by Gasteiger charge is -2.29. The van der Waals surface area contributed by atoms with Gasteiger partial charge in [-0.05, 0) is 56.5 Å². The Kier molecular flexibility index (Phi) is 6.12. The third kappa shape index (κ3) is 4.93. The van der Waals surface area contributed by atoms with Crippen LogP contribution in [0.5, 0.6) is 0 Å². The number of hydrogen-bond acceptors (Lipinski definition) is 3. The first-order valence-corrected chi connectivity index (χ1v) is 10.9. The van der Waals surface area contributed by atoms with E-state index in [1.54, 1.807) is 0 Å². The molecular weight excluding hydrogens is 344 g/mol. The summed E-state index contributed by atoms with van der Waals surface area (Å²) in [6, 6.07) is 16.0. The Morgan fingerprint density at radius 1 is 1.04 bits per heavy atom. The Hall–Kier alpha value is -1.69. The van der Waals surface area contributed by atoms with Crippen LogP contribution < -0.4 is 4.72 Å². The first kappa shape index (κ1) is 19.1. The van der Waals surface area contributed by atoms with Crippen LogP contribution in [0, 0.1) is 13.8 Å². The highest BCUT2D eigenvalue weighted by Crippen LogP contribution is 2.27. The summed E-state index contributed by atoms with van der Waals surface area (Å²) in [4.78, 5) is 2.40. The van der Waals surface area contributed by atoms with Crippen molar-refractivity contribution in [3.8, 4) is 0 Å². The molecule has 2 aromatic rings. The average molecular weight is 373 g/mol. The van der Waals surface area contributed by atoms with Gasteiger partial charge in [0.2, 0.25) is 10.0 Å². The van der Waals surface area contributed by atoms with Crippen LogP contribution in [0.3, 0.4) is 0 Å². The number of likely N-dealkylation sites (tertiary alicyclic amines) is 1. The zero-order chi connectivity index (χ0) is 18.6. The van der Waals surface area contributed by atoms with Gasteiger partial charge in [0.15, 0.2) is 0 Å². The van der Waals surface area contributed by atoms with Crippen LogP contribution in [0.4, 0.5) is 0 Å². The number of aryl methyl sites for hydroxylation is 2. The minimum absolute atomic E-state index is 0.0230. The molecule has 0 radical (unpaired) electrons. The molecule has 26 heavy (non-hydrogen) atoms. The number of benzene rings is 2. The van der Waals surface area contributed by atoms with E-state index in [0.717, 1.165) is 24.2 Å². The Labute approximate surface area is 157 Å². The third-order valence-corrected chi connectivity index (χ3v) is 6.38. The van der Waals surface area contributed by atoms with Crippen LogP contribution in [-0.4, -0.2) is 33.0 Å². The molecule has 1 saturated heterocycles. The minimum Gasteiger partial charge on any atom is -0.295 e. The van der Waals surface area contributed by atoms with Gasteiger partial charge in [0.25, 0.3) is 0 Å². The summed E-state index contributed by atoms with van der Waals surface area (Å²) < 4.78 is 28.1. The molecule has 5 heteroatoms. The molecule has 1 unspecified atom stereocenters. The molecule has 1 aliphatic rings. The van der Waals surface area contributed by atoms with E-state index in [9.17, 15) is 8.42 Å². The topological polar surface area (TPSA) is 49.4 Å². The normalized spacial score (nSPS) is 16.7. The molecule has 1 N–H and O–H groups in total. The van der Waals surface area contributed by atoms with E-state index in [2.05, 4.69) is 28.7 Å². The second-order valence-corrected chi connectivity index (χ2v) is 9.02. The van der Waals surface area contributed by atoms with Crippen molar-refractivity contribution in [3.05, 3.63) is 70.8 Å². The molecule has 0 spiro atoms. The highest BCUT2D eigenvalue weighted by molar-refractivity contribution is 7.88. The molecule has 1 heterocycles. The van der Waals surface area contributed by atoms with Crippen LogP contribution in [0.25, 0.3) is 0 Å². The van der Waals surface area contributed by atoms with Crippen LogP contribution >= 0.6 is 0 Å². The van der Waals surface area contributed by atoms with Crippen molar-refractivity contribution < 1.29 is 8.42 Å². The maximum absolute atomic E-state index is 12.6. The minimum atomic E-state index is -3.37. The van der Waals surface area contributed by atoms with Gasteiger partial charge in [-0.25, -0.2) is 13.1 Å². The van der Waals surface area contributed by atoms with Gasteiger partial charge in [0.05, 0.1) is 5.75 Å². The van der Waals surface area contributed by atoms with Crippen LogP contribution in [0.2, 0.25) is 0 Å². The van der Waals surface area contributed by atoms with E-state index in [4.69, 9.17) is 0 Å². The summed E-state index contributed by atoms with van der Waals surface area (Å²) in [6.07, 6.45) is 2.36. The van der Waals surface area contributed by atoms with E-state index < -0.39 is 10.0 Å². The lowest BCUT2D eigenvalue weighted by atomic mass is 10.0. The summed E-state index contributed by atoms with van der Waals surface area (Å²) in [7, 11) is -3.37. The highest BCUT2D eigenvalue weighted by Gasteiger charge is 2.26. The Bertz CT molecular complexity index is 843. The van der Waals surface area contributed by atoms with Crippen LogP contribution in [-0.2, 0) is 15.8 Å². The van der Waals surface area contributed by atoms with Crippen molar-refractivity contribution in [2.45, 2.75) is 38.5 Å². The number of rotatable bonds is 7.